The van der Waals surface area contributed by atoms with Crippen molar-refractivity contribution in [2.75, 3.05) is 6.54 Å². The molecule has 27 heavy (non-hydrogen) atoms. The van der Waals surface area contributed by atoms with Gasteiger partial charge in [-0.2, -0.15) is 0 Å². The summed E-state index contributed by atoms with van der Waals surface area (Å²) in [6, 6.07) is 20.2. The van der Waals surface area contributed by atoms with E-state index in [9.17, 15) is 4.79 Å². The van der Waals surface area contributed by atoms with Crippen molar-refractivity contribution >= 4 is 17.7 Å². The van der Waals surface area contributed by atoms with Gasteiger partial charge in [0.1, 0.15) is 0 Å². The quantitative estimate of drug-likeness (QED) is 0.607. The topological polar surface area (TPSA) is 72.7 Å². The molecule has 2 aromatic carbocycles. The van der Waals surface area contributed by atoms with E-state index in [4.69, 9.17) is 0 Å². The Bertz CT molecular complexity index is 853. The molecular formula is C20H23N5OS. The third-order valence-corrected chi connectivity index (χ3v) is 5.35. The maximum absolute atomic E-state index is 12.5. The van der Waals surface area contributed by atoms with Crippen LogP contribution in [0, 0.1) is 0 Å². The van der Waals surface area contributed by atoms with Gasteiger partial charge >= 0.3 is 0 Å². The van der Waals surface area contributed by atoms with Gasteiger partial charge < -0.3 is 5.32 Å². The Labute approximate surface area is 163 Å². The Morgan fingerprint density at radius 3 is 2.44 bits per heavy atom. The fraction of sp³-hybridized carbons (Fsp3) is 0.300. The lowest BCUT2D eigenvalue weighted by Crippen LogP contribution is -2.33. The number of hydrogen-bond acceptors (Lipinski definition) is 5. The van der Waals surface area contributed by atoms with Crippen molar-refractivity contribution in [3.63, 3.8) is 0 Å². The molecule has 3 aromatic rings. The molecule has 0 aliphatic rings. The molecule has 0 spiro atoms. The summed E-state index contributed by atoms with van der Waals surface area (Å²) < 4.78 is 1.72. The molecule has 6 nitrogen and oxygen atoms in total. The summed E-state index contributed by atoms with van der Waals surface area (Å²) in [5.41, 5.74) is 2.32. The number of hydrogen-bond donors (Lipinski definition) is 1. The van der Waals surface area contributed by atoms with Gasteiger partial charge in [-0.15, -0.1) is 5.10 Å². The van der Waals surface area contributed by atoms with Gasteiger partial charge in [-0.05, 0) is 34.4 Å². The number of amides is 1. The summed E-state index contributed by atoms with van der Waals surface area (Å²) in [5.74, 6) is 0.243. The first-order chi connectivity index (χ1) is 13.1. The van der Waals surface area contributed by atoms with Crippen molar-refractivity contribution in [1.82, 2.24) is 25.5 Å². The van der Waals surface area contributed by atoms with Crippen LogP contribution >= 0.6 is 11.8 Å². The van der Waals surface area contributed by atoms with Gasteiger partial charge in [0.15, 0.2) is 0 Å². The van der Waals surface area contributed by atoms with Gasteiger partial charge in [-0.1, -0.05) is 79.3 Å². The predicted molar refractivity (Wildman–Crippen MR) is 107 cm³/mol. The molecule has 0 aliphatic heterocycles. The smallest absolute Gasteiger partial charge is 0.233 e. The zero-order chi connectivity index (χ0) is 19.1. The average Bonchev–Trinajstić information content (AvgIpc) is 3.13. The number of thioether (sulfide) groups is 1. The Morgan fingerprint density at radius 1 is 1.07 bits per heavy atom. The molecule has 1 aromatic heterocycles. The SMILES string of the molecule is CC(Sc1nnnn1Cc1ccccc1)C(=O)NCC(C)c1ccccc1. The summed E-state index contributed by atoms with van der Waals surface area (Å²) in [6.45, 7) is 5.15. The maximum atomic E-state index is 12.5. The molecule has 0 fully saturated rings. The first-order valence-electron chi connectivity index (χ1n) is 8.93. The first kappa shape index (κ1) is 19.1. The number of tetrazole rings is 1. The molecule has 0 saturated carbocycles. The van der Waals surface area contributed by atoms with E-state index < -0.39 is 0 Å². The van der Waals surface area contributed by atoms with Crippen molar-refractivity contribution in [3.05, 3.63) is 71.8 Å². The van der Waals surface area contributed by atoms with E-state index >= 15 is 0 Å². The molecule has 1 N–H and O–H groups in total. The third-order valence-electron chi connectivity index (χ3n) is 4.28. The summed E-state index contributed by atoms with van der Waals surface area (Å²) in [7, 11) is 0. The molecule has 2 unspecified atom stereocenters. The van der Waals surface area contributed by atoms with Crippen LogP contribution in [0.3, 0.4) is 0 Å². The van der Waals surface area contributed by atoms with Crippen LogP contribution in [0.25, 0.3) is 0 Å². The number of aromatic nitrogens is 4. The van der Waals surface area contributed by atoms with Crippen LogP contribution in [0.1, 0.15) is 30.9 Å². The highest BCUT2D eigenvalue weighted by Crippen LogP contribution is 2.21. The first-order valence-corrected chi connectivity index (χ1v) is 9.81. The van der Waals surface area contributed by atoms with Crippen LogP contribution in [-0.2, 0) is 11.3 Å². The summed E-state index contributed by atoms with van der Waals surface area (Å²) in [5, 5.41) is 15.2. The summed E-state index contributed by atoms with van der Waals surface area (Å²) in [4.78, 5) is 12.5. The van der Waals surface area contributed by atoms with E-state index in [-0.39, 0.29) is 17.1 Å². The van der Waals surface area contributed by atoms with Crippen molar-refractivity contribution in [1.29, 1.82) is 0 Å². The molecule has 1 amide bonds. The highest BCUT2D eigenvalue weighted by Gasteiger charge is 2.19. The Kier molecular flexibility index (Phi) is 6.59. The van der Waals surface area contributed by atoms with Gasteiger partial charge in [0, 0.05) is 6.54 Å². The van der Waals surface area contributed by atoms with E-state index in [2.05, 4.69) is 39.9 Å². The molecule has 0 aliphatic carbocycles. The Hall–Kier alpha value is -2.67. The summed E-state index contributed by atoms with van der Waals surface area (Å²) in [6.07, 6.45) is 0. The lowest BCUT2D eigenvalue weighted by molar-refractivity contribution is -0.120. The van der Waals surface area contributed by atoms with E-state index in [1.807, 2.05) is 55.5 Å². The van der Waals surface area contributed by atoms with Crippen LogP contribution in [0.15, 0.2) is 65.8 Å². The Morgan fingerprint density at radius 2 is 1.74 bits per heavy atom. The molecule has 1 heterocycles. The standard InChI is InChI=1S/C20H23N5OS/c1-15(18-11-7-4-8-12-18)13-21-19(26)16(2)27-20-22-23-24-25(20)14-17-9-5-3-6-10-17/h3-12,15-16H,13-14H2,1-2H3,(H,21,26). The molecule has 0 radical (unpaired) electrons. The van der Waals surface area contributed by atoms with E-state index in [0.717, 1.165) is 5.56 Å². The van der Waals surface area contributed by atoms with Crippen molar-refractivity contribution < 1.29 is 4.79 Å². The molecule has 0 saturated heterocycles. The largest absolute Gasteiger partial charge is 0.355 e. The van der Waals surface area contributed by atoms with E-state index in [1.54, 1.807) is 4.68 Å². The van der Waals surface area contributed by atoms with Gasteiger partial charge in [-0.3, -0.25) is 4.79 Å². The van der Waals surface area contributed by atoms with Crippen molar-refractivity contribution in [2.45, 2.75) is 36.7 Å². The minimum absolute atomic E-state index is 0.0166. The van der Waals surface area contributed by atoms with Crippen LogP contribution in [-0.4, -0.2) is 37.9 Å². The lowest BCUT2D eigenvalue weighted by Gasteiger charge is -2.15. The number of nitrogens with zero attached hydrogens (tertiary/aromatic N) is 4. The molecule has 0 bridgehead atoms. The maximum Gasteiger partial charge on any atom is 0.233 e. The fourth-order valence-electron chi connectivity index (χ4n) is 2.64. The highest BCUT2D eigenvalue weighted by molar-refractivity contribution is 8.00. The van der Waals surface area contributed by atoms with Gasteiger partial charge in [0.05, 0.1) is 11.8 Å². The molecule has 7 heteroatoms. The number of nitrogens with one attached hydrogen (secondary N) is 1. The monoisotopic (exact) mass is 381 g/mol. The van der Waals surface area contributed by atoms with Crippen LogP contribution < -0.4 is 5.32 Å². The van der Waals surface area contributed by atoms with Crippen LogP contribution in [0.2, 0.25) is 0 Å². The zero-order valence-electron chi connectivity index (χ0n) is 15.4. The molecule has 2 atom stereocenters. The summed E-state index contributed by atoms with van der Waals surface area (Å²) >= 11 is 1.37. The normalized spacial score (nSPS) is 13.1. The van der Waals surface area contributed by atoms with Crippen molar-refractivity contribution in [3.8, 4) is 0 Å². The number of benzene rings is 2. The average molecular weight is 382 g/mol. The fourth-order valence-corrected chi connectivity index (χ4v) is 3.46. The van der Waals surface area contributed by atoms with Crippen LogP contribution in [0.5, 0.6) is 0 Å². The minimum atomic E-state index is -0.284. The second kappa shape index (κ2) is 9.32. The lowest BCUT2D eigenvalue weighted by atomic mass is 10.0. The minimum Gasteiger partial charge on any atom is -0.355 e. The number of rotatable bonds is 8. The zero-order valence-corrected chi connectivity index (χ0v) is 16.3. The predicted octanol–water partition coefficient (Wildman–Crippen LogP) is 3.12. The van der Waals surface area contributed by atoms with E-state index in [0.29, 0.717) is 18.2 Å². The third kappa shape index (κ3) is 5.40. The molecular weight excluding hydrogens is 358 g/mol. The second-order valence-electron chi connectivity index (χ2n) is 6.42. The highest BCUT2D eigenvalue weighted by atomic mass is 32.2. The number of carbonyl (C=O) groups excluding carboxylic acids is 1. The van der Waals surface area contributed by atoms with Crippen molar-refractivity contribution in [2.24, 2.45) is 0 Å². The van der Waals surface area contributed by atoms with Gasteiger partial charge in [0.2, 0.25) is 11.1 Å². The van der Waals surface area contributed by atoms with Gasteiger partial charge in [0.25, 0.3) is 0 Å². The van der Waals surface area contributed by atoms with Crippen LogP contribution in [0.4, 0.5) is 0 Å². The van der Waals surface area contributed by atoms with E-state index in [1.165, 1.54) is 17.3 Å². The second-order valence-corrected chi connectivity index (χ2v) is 7.73. The number of carbonyl (C=O) groups is 1. The Balaban J connectivity index is 1.53. The molecule has 140 valence electrons. The molecule has 3 rings (SSSR count). The van der Waals surface area contributed by atoms with Gasteiger partial charge in [-0.25, -0.2) is 4.68 Å².